The molecule has 106 valence electrons. The summed E-state index contributed by atoms with van der Waals surface area (Å²) in [4.78, 5) is 16.2. The third-order valence-corrected chi connectivity index (χ3v) is 2.24. The highest BCUT2D eigenvalue weighted by Gasteiger charge is 2.18. The van der Waals surface area contributed by atoms with Gasteiger partial charge in [-0.05, 0) is 38.8 Å². The molecule has 0 aliphatic carbocycles. The van der Waals surface area contributed by atoms with E-state index in [4.69, 9.17) is 10.6 Å². The van der Waals surface area contributed by atoms with E-state index in [-0.39, 0.29) is 12.4 Å². The smallest absolute Gasteiger partial charge is 0.412 e. The Balaban J connectivity index is 2.84. The number of aromatic hydroxyl groups is 1. The van der Waals surface area contributed by atoms with Gasteiger partial charge in [-0.2, -0.15) is 0 Å². The average Bonchev–Trinajstić information content (AvgIpc) is 2.27. The third-order valence-electron chi connectivity index (χ3n) is 2.24. The van der Waals surface area contributed by atoms with Gasteiger partial charge in [0.25, 0.3) is 0 Å². The normalized spacial score (nSPS) is 11.2. The third kappa shape index (κ3) is 5.15. The number of para-hydroxylation sites is 1. The van der Waals surface area contributed by atoms with Gasteiger partial charge >= 0.3 is 6.09 Å². The van der Waals surface area contributed by atoms with Crippen LogP contribution < -0.4 is 11.2 Å². The number of amides is 1. The second-order valence-electron chi connectivity index (χ2n) is 5.06. The number of nitrogens with one attached hydrogen (secondary N) is 1. The standard InChI is InChI=1S/C13H20N2O4/c1-13(2,3)19-12(17)15-11-9(7-8-18-14)5-4-6-10(11)16/h4-6,16H,7-8,14H2,1-3H3,(H,15,17). The van der Waals surface area contributed by atoms with Gasteiger partial charge in [0.05, 0.1) is 12.3 Å². The molecule has 1 rings (SSSR count). The first-order valence-electron chi connectivity index (χ1n) is 5.96. The van der Waals surface area contributed by atoms with E-state index in [0.29, 0.717) is 12.1 Å². The van der Waals surface area contributed by atoms with Crippen molar-refractivity contribution >= 4 is 11.8 Å². The number of carbonyl (C=O) groups is 1. The molecule has 4 N–H and O–H groups in total. The molecule has 0 radical (unpaired) electrons. The van der Waals surface area contributed by atoms with E-state index >= 15 is 0 Å². The molecule has 0 unspecified atom stereocenters. The Morgan fingerprint density at radius 3 is 2.68 bits per heavy atom. The molecule has 0 fully saturated rings. The fourth-order valence-electron chi connectivity index (χ4n) is 1.51. The molecule has 0 saturated carbocycles. The van der Waals surface area contributed by atoms with Crippen molar-refractivity contribution in [1.29, 1.82) is 0 Å². The molecule has 0 saturated heterocycles. The summed E-state index contributed by atoms with van der Waals surface area (Å²) in [5, 5.41) is 12.3. The van der Waals surface area contributed by atoms with Crippen LogP contribution in [-0.4, -0.2) is 23.4 Å². The molecule has 0 aliphatic rings. The highest BCUT2D eigenvalue weighted by atomic mass is 16.6. The lowest BCUT2D eigenvalue weighted by atomic mass is 10.1. The lowest BCUT2D eigenvalue weighted by molar-refractivity contribution is 0.0635. The summed E-state index contributed by atoms with van der Waals surface area (Å²) in [5.74, 6) is 4.95. The molecule has 0 bridgehead atoms. The second kappa shape index (κ2) is 6.40. The summed E-state index contributed by atoms with van der Waals surface area (Å²) in [6, 6.07) is 4.94. The van der Waals surface area contributed by atoms with Crippen LogP contribution in [0.3, 0.4) is 0 Å². The van der Waals surface area contributed by atoms with Crippen molar-refractivity contribution in [2.24, 2.45) is 5.90 Å². The molecule has 1 amide bonds. The molecule has 6 heteroatoms. The predicted octanol–water partition coefficient (Wildman–Crippen LogP) is 2.17. The predicted molar refractivity (Wildman–Crippen MR) is 71.8 cm³/mol. The molecule has 0 aromatic heterocycles. The molecule has 6 nitrogen and oxygen atoms in total. The molecule has 1 aromatic carbocycles. The Kier molecular flexibility index (Phi) is 5.14. The maximum absolute atomic E-state index is 11.7. The minimum Gasteiger partial charge on any atom is -0.506 e. The van der Waals surface area contributed by atoms with E-state index in [0.717, 1.165) is 5.56 Å². The van der Waals surface area contributed by atoms with Crippen LogP contribution in [0.4, 0.5) is 10.5 Å². The molecule has 0 heterocycles. The van der Waals surface area contributed by atoms with Crippen molar-refractivity contribution in [3.8, 4) is 5.75 Å². The number of hydrogen-bond acceptors (Lipinski definition) is 5. The van der Waals surface area contributed by atoms with Gasteiger partial charge in [0, 0.05) is 0 Å². The van der Waals surface area contributed by atoms with Crippen LogP contribution in [0, 0.1) is 0 Å². The van der Waals surface area contributed by atoms with Gasteiger partial charge in [-0.25, -0.2) is 10.7 Å². The zero-order valence-electron chi connectivity index (χ0n) is 11.4. The summed E-state index contributed by atoms with van der Waals surface area (Å²) in [6.45, 7) is 5.58. The summed E-state index contributed by atoms with van der Waals surface area (Å²) < 4.78 is 5.14. The highest BCUT2D eigenvalue weighted by molar-refractivity contribution is 5.88. The number of rotatable bonds is 4. The number of carbonyl (C=O) groups excluding carboxylic acids is 1. The first kappa shape index (κ1) is 15.3. The first-order chi connectivity index (χ1) is 8.83. The van der Waals surface area contributed by atoms with E-state index in [1.54, 1.807) is 32.9 Å². The van der Waals surface area contributed by atoms with Gasteiger partial charge in [0.1, 0.15) is 11.4 Å². The van der Waals surface area contributed by atoms with Crippen LogP contribution >= 0.6 is 0 Å². The van der Waals surface area contributed by atoms with Crippen LogP contribution in [0.25, 0.3) is 0 Å². The van der Waals surface area contributed by atoms with Gasteiger partial charge in [0.2, 0.25) is 0 Å². The minimum atomic E-state index is -0.621. The fraction of sp³-hybridized carbons (Fsp3) is 0.462. The summed E-state index contributed by atoms with van der Waals surface area (Å²) in [5.41, 5.74) is 0.430. The van der Waals surface area contributed by atoms with Crippen molar-refractivity contribution in [2.45, 2.75) is 32.8 Å². The number of hydrogen-bond donors (Lipinski definition) is 3. The van der Waals surface area contributed by atoms with Gasteiger partial charge in [-0.3, -0.25) is 5.32 Å². The Bertz CT molecular complexity index is 441. The number of benzene rings is 1. The summed E-state index contributed by atoms with van der Waals surface area (Å²) >= 11 is 0. The lowest BCUT2D eigenvalue weighted by Crippen LogP contribution is -2.27. The van der Waals surface area contributed by atoms with E-state index < -0.39 is 11.7 Å². The lowest BCUT2D eigenvalue weighted by Gasteiger charge is -2.20. The van der Waals surface area contributed by atoms with E-state index in [1.807, 2.05) is 0 Å². The highest BCUT2D eigenvalue weighted by Crippen LogP contribution is 2.28. The minimum absolute atomic E-state index is 0.0274. The largest absolute Gasteiger partial charge is 0.506 e. The Morgan fingerprint density at radius 1 is 1.42 bits per heavy atom. The number of anilines is 1. The van der Waals surface area contributed by atoms with Crippen molar-refractivity contribution in [3.63, 3.8) is 0 Å². The van der Waals surface area contributed by atoms with E-state index in [2.05, 4.69) is 10.2 Å². The van der Waals surface area contributed by atoms with Gasteiger partial charge in [0.15, 0.2) is 0 Å². The topological polar surface area (TPSA) is 93.8 Å². The Hall–Kier alpha value is -1.79. The molecule has 19 heavy (non-hydrogen) atoms. The fourth-order valence-corrected chi connectivity index (χ4v) is 1.51. The number of nitrogens with two attached hydrogens (primary N) is 1. The monoisotopic (exact) mass is 268 g/mol. The van der Waals surface area contributed by atoms with Gasteiger partial charge < -0.3 is 14.7 Å². The van der Waals surface area contributed by atoms with Crippen LogP contribution in [0.5, 0.6) is 5.75 Å². The number of ether oxygens (including phenoxy) is 1. The van der Waals surface area contributed by atoms with Gasteiger partial charge in [-0.15, -0.1) is 0 Å². The van der Waals surface area contributed by atoms with Gasteiger partial charge in [-0.1, -0.05) is 12.1 Å². The second-order valence-corrected chi connectivity index (χ2v) is 5.06. The van der Waals surface area contributed by atoms with E-state index in [1.165, 1.54) is 6.07 Å². The van der Waals surface area contributed by atoms with Crippen molar-refractivity contribution in [2.75, 3.05) is 11.9 Å². The molecular formula is C13H20N2O4. The molecular weight excluding hydrogens is 248 g/mol. The van der Waals surface area contributed by atoms with Crippen LogP contribution in [0.2, 0.25) is 0 Å². The number of phenols is 1. The van der Waals surface area contributed by atoms with Crippen LogP contribution in [-0.2, 0) is 16.0 Å². The molecule has 0 spiro atoms. The average molecular weight is 268 g/mol. The van der Waals surface area contributed by atoms with Crippen molar-refractivity contribution in [1.82, 2.24) is 0 Å². The Morgan fingerprint density at radius 2 is 2.11 bits per heavy atom. The van der Waals surface area contributed by atoms with E-state index in [9.17, 15) is 9.90 Å². The zero-order valence-corrected chi connectivity index (χ0v) is 11.4. The van der Waals surface area contributed by atoms with Crippen LogP contribution in [0.15, 0.2) is 18.2 Å². The van der Waals surface area contributed by atoms with Crippen molar-refractivity contribution in [3.05, 3.63) is 23.8 Å². The molecule has 0 atom stereocenters. The van der Waals surface area contributed by atoms with Crippen LogP contribution in [0.1, 0.15) is 26.3 Å². The zero-order chi connectivity index (χ0) is 14.5. The summed E-state index contributed by atoms with van der Waals surface area (Å²) in [6.07, 6.45) is -0.153. The maximum atomic E-state index is 11.7. The number of phenolic OH excluding ortho intramolecular Hbond substituents is 1. The summed E-state index contributed by atoms with van der Waals surface area (Å²) in [7, 11) is 0. The Labute approximate surface area is 112 Å². The van der Waals surface area contributed by atoms with Crippen molar-refractivity contribution < 1.29 is 19.5 Å². The SMILES string of the molecule is CC(C)(C)OC(=O)Nc1c(O)cccc1CCON. The maximum Gasteiger partial charge on any atom is 0.412 e. The molecule has 1 aromatic rings. The molecule has 0 aliphatic heterocycles. The first-order valence-corrected chi connectivity index (χ1v) is 5.96. The quantitative estimate of drug-likeness (QED) is 0.574.